The van der Waals surface area contributed by atoms with Crippen LogP contribution in [0.5, 0.6) is 0 Å². The average Bonchev–Trinajstić information content (AvgIpc) is 2.97. The Morgan fingerprint density at radius 2 is 2.29 bits per heavy atom. The Hall–Kier alpha value is -0.670. The van der Waals surface area contributed by atoms with Gasteiger partial charge in [-0.2, -0.15) is 0 Å². The molecule has 14 heavy (non-hydrogen) atoms. The van der Waals surface area contributed by atoms with E-state index in [1.807, 2.05) is 6.92 Å². The topological polar surface area (TPSA) is 35.0 Å². The fraction of sp³-hybridized carbons (Fsp3) is 0.600. The van der Waals surface area contributed by atoms with Gasteiger partial charge in [0.15, 0.2) is 0 Å². The van der Waals surface area contributed by atoms with Gasteiger partial charge in [-0.3, -0.25) is 0 Å². The lowest BCUT2D eigenvalue weighted by Gasteiger charge is -2.03. The van der Waals surface area contributed by atoms with Crippen LogP contribution in [-0.4, -0.2) is 16.6 Å². The molecular weight excluding hydrogens is 200 g/mol. The van der Waals surface area contributed by atoms with Gasteiger partial charge in [-0.25, -0.2) is 9.97 Å². The molecule has 1 heterocycles. The van der Waals surface area contributed by atoms with E-state index < -0.39 is 0 Å². The van der Waals surface area contributed by atoms with Crippen molar-refractivity contribution in [3.05, 3.63) is 22.7 Å². The molecule has 4 heteroatoms. The molecule has 0 N–H and O–H groups in total. The van der Waals surface area contributed by atoms with Crippen LogP contribution in [0.3, 0.4) is 0 Å². The van der Waals surface area contributed by atoms with Gasteiger partial charge in [0.2, 0.25) is 0 Å². The van der Waals surface area contributed by atoms with E-state index in [1.54, 1.807) is 6.07 Å². The maximum atomic E-state index is 5.89. The van der Waals surface area contributed by atoms with E-state index in [1.165, 1.54) is 12.8 Å². The van der Waals surface area contributed by atoms with Crippen LogP contribution in [0.25, 0.3) is 0 Å². The SMILES string of the molecule is CCOCc1cc(Cl)nc(C2CC2)n1. The Labute approximate surface area is 88.5 Å². The van der Waals surface area contributed by atoms with Gasteiger partial charge in [0, 0.05) is 12.5 Å². The number of hydrogen-bond donors (Lipinski definition) is 0. The van der Waals surface area contributed by atoms with Crippen LogP contribution in [0.2, 0.25) is 5.15 Å². The molecule has 0 spiro atoms. The molecule has 1 aliphatic carbocycles. The lowest BCUT2D eigenvalue weighted by molar-refractivity contribution is 0.131. The molecule has 0 radical (unpaired) electrons. The van der Waals surface area contributed by atoms with E-state index in [-0.39, 0.29) is 0 Å². The predicted octanol–water partition coefficient (Wildman–Crippen LogP) is 2.54. The van der Waals surface area contributed by atoms with Crippen LogP contribution in [-0.2, 0) is 11.3 Å². The van der Waals surface area contributed by atoms with Crippen LogP contribution in [0.1, 0.15) is 37.2 Å². The van der Waals surface area contributed by atoms with Crippen molar-refractivity contribution in [3.8, 4) is 0 Å². The van der Waals surface area contributed by atoms with Crippen molar-refractivity contribution in [1.29, 1.82) is 0 Å². The van der Waals surface area contributed by atoms with Crippen molar-refractivity contribution in [2.45, 2.75) is 32.3 Å². The first-order valence-electron chi connectivity index (χ1n) is 4.90. The van der Waals surface area contributed by atoms with Crippen LogP contribution in [0.4, 0.5) is 0 Å². The molecule has 1 aromatic rings. The largest absolute Gasteiger partial charge is 0.375 e. The molecule has 76 valence electrons. The predicted molar refractivity (Wildman–Crippen MR) is 54.3 cm³/mol. The molecule has 0 aliphatic heterocycles. The van der Waals surface area contributed by atoms with E-state index in [0.29, 0.717) is 24.3 Å². The highest BCUT2D eigenvalue weighted by Gasteiger charge is 2.27. The number of aromatic nitrogens is 2. The van der Waals surface area contributed by atoms with Gasteiger partial charge in [0.05, 0.1) is 12.3 Å². The van der Waals surface area contributed by atoms with E-state index in [2.05, 4.69) is 9.97 Å². The zero-order valence-corrected chi connectivity index (χ0v) is 8.92. The Morgan fingerprint density at radius 1 is 1.50 bits per heavy atom. The summed E-state index contributed by atoms with van der Waals surface area (Å²) >= 11 is 5.89. The van der Waals surface area contributed by atoms with Crippen molar-refractivity contribution in [2.24, 2.45) is 0 Å². The third-order valence-electron chi connectivity index (χ3n) is 2.16. The molecule has 3 nitrogen and oxygen atoms in total. The molecule has 1 aliphatic rings. The first-order valence-corrected chi connectivity index (χ1v) is 5.28. The summed E-state index contributed by atoms with van der Waals surface area (Å²) in [7, 11) is 0. The minimum absolute atomic E-state index is 0.525. The van der Waals surface area contributed by atoms with Gasteiger partial charge >= 0.3 is 0 Å². The molecule has 0 unspecified atom stereocenters. The number of hydrogen-bond acceptors (Lipinski definition) is 3. The molecule has 1 saturated carbocycles. The summed E-state index contributed by atoms with van der Waals surface area (Å²) in [5.41, 5.74) is 0.883. The van der Waals surface area contributed by atoms with E-state index in [0.717, 1.165) is 11.5 Å². The van der Waals surface area contributed by atoms with Gasteiger partial charge in [-0.05, 0) is 25.8 Å². The standard InChI is InChI=1S/C10H13ClN2O/c1-2-14-6-8-5-9(11)13-10(12-8)7-3-4-7/h5,7H,2-4,6H2,1H3. The monoisotopic (exact) mass is 212 g/mol. The number of ether oxygens (including phenoxy) is 1. The Bertz CT molecular complexity index is 326. The van der Waals surface area contributed by atoms with Crippen molar-refractivity contribution in [2.75, 3.05) is 6.61 Å². The smallest absolute Gasteiger partial charge is 0.133 e. The molecule has 0 aromatic carbocycles. The van der Waals surface area contributed by atoms with E-state index in [4.69, 9.17) is 16.3 Å². The second-order valence-electron chi connectivity index (χ2n) is 3.45. The third-order valence-corrected chi connectivity index (χ3v) is 2.36. The lowest BCUT2D eigenvalue weighted by Crippen LogP contribution is -2.00. The highest BCUT2D eigenvalue weighted by molar-refractivity contribution is 6.29. The summed E-state index contributed by atoms with van der Waals surface area (Å²) in [6.45, 7) is 3.18. The van der Waals surface area contributed by atoms with Crippen LogP contribution in [0, 0.1) is 0 Å². The molecule has 1 fully saturated rings. The van der Waals surface area contributed by atoms with Gasteiger partial charge < -0.3 is 4.74 Å². The van der Waals surface area contributed by atoms with Crippen molar-refractivity contribution >= 4 is 11.6 Å². The Morgan fingerprint density at radius 3 is 2.93 bits per heavy atom. The lowest BCUT2D eigenvalue weighted by atomic mass is 10.3. The van der Waals surface area contributed by atoms with Crippen molar-refractivity contribution < 1.29 is 4.74 Å². The molecule has 1 aromatic heterocycles. The molecule has 2 rings (SSSR count). The van der Waals surface area contributed by atoms with Crippen molar-refractivity contribution in [1.82, 2.24) is 9.97 Å². The van der Waals surface area contributed by atoms with Gasteiger partial charge in [-0.15, -0.1) is 0 Å². The fourth-order valence-corrected chi connectivity index (χ4v) is 1.50. The summed E-state index contributed by atoms with van der Waals surface area (Å²) in [4.78, 5) is 8.62. The van der Waals surface area contributed by atoms with Crippen LogP contribution < -0.4 is 0 Å². The second kappa shape index (κ2) is 4.24. The normalized spacial score (nSPS) is 15.9. The van der Waals surface area contributed by atoms with Gasteiger partial charge in [0.25, 0.3) is 0 Å². The summed E-state index contributed by atoms with van der Waals surface area (Å²) in [5, 5.41) is 0.525. The first-order chi connectivity index (χ1) is 6.79. The first kappa shape index (κ1) is 9.87. The average molecular weight is 213 g/mol. The summed E-state index contributed by atoms with van der Waals surface area (Å²) < 4.78 is 5.28. The fourth-order valence-electron chi connectivity index (χ4n) is 1.29. The highest BCUT2D eigenvalue weighted by atomic mass is 35.5. The minimum atomic E-state index is 0.525. The van der Waals surface area contributed by atoms with Crippen molar-refractivity contribution in [3.63, 3.8) is 0 Å². The van der Waals surface area contributed by atoms with Crippen LogP contribution >= 0.6 is 11.6 Å². The van der Waals surface area contributed by atoms with Gasteiger partial charge in [-0.1, -0.05) is 11.6 Å². The maximum Gasteiger partial charge on any atom is 0.133 e. The summed E-state index contributed by atoms with van der Waals surface area (Å²) in [5.74, 6) is 1.42. The number of nitrogens with zero attached hydrogens (tertiary/aromatic N) is 2. The Balaban J connectivity index is 2.13. The van der Waals surface area contributed by atoms with E-state index >= 15 is 0 Å². The Kier molecular flexibility index (Phi) is 2.99. The van der Waals surface area contributed by atoms with Crippen LogP contribution in [0.15, 0.2) is 6.07 Å². The van der Waals surface area contributed by atoms with E-state index in [9.17, 15) is 0 Å². The molecule has 0 atom stereocenters. The quantitative estimate of drug-likeness (QED) is 0.720. The zero-order valence-electron chi connectivity index (χ0n) is 8.16. The molecule has 0 amide bonds. The highest BCUT2D eigenvalue weighted by Crippen LogP contribution is 2.38. The second-order valence-corrected chi connectivity index (χ2v) is 3.84. The summed E-state index contributed by atoms with van der Waals surface area (Å²) in [6.07, 6.45) is 2.38. The van der Waals surface area contributed by atoms with Gasteiger partial charge in [0.1, 0.15) is 11.0 Å². The summed E-state index contributed by atoms with van der Waals surface area (Å²) in [6, 6.07) is 1.77. The molecule has 0 bridgehead atoms. The maximum absolute atomic E-state index is 5.89. The minimum Gasteiger partial charge on any atom is -0.375 e. The number of halogens is 1. The molecular formula is C10H13ClN2O. The molecule has 0 saturated heterocycles. The number of rotatable bonds is 4. The third kappa shape index (κ3) is 2.42. The zero-order chi connectivity index (χ0) is 9.97.